The molecule has 0 saturated carbocycles. The molecule has 25 heavy (non-hydrogen) atoms. The molecular formula is C21H28O4. The zero-order valence-corrected chi connectivity index (χ0v) is 15.0. The second kappa shape index (κ2) is 11.7. The van der Waals surface area contributed by atoms with E-state index in [-0.39, 0.29) is 6.29 Å². The van der Waals surface area contributed by atoms with Crippen molar-refractivity contribution in [2.75, 3.05) is 19.8 Å². The standard InChI is InChI=1S/C21H28O4/c1-18(12-13-23-17-20-7-3-2-4-8-20)6-5-9-19(16-22)10-11-21-24-14-15-25-21/h2-4,7-9,12,16,21H,5-6,10-11,13-15,17H2,1H3/b18-12-,19-9+. The Balaban J connectivity index is 1.61. The van der Waals surface area contributed by atoms with Gasteiger partial charge in [0.1, 0.15) is 6.29 Å². The summed E-state index contributed by atoms with van der Waals surface area (Å²) < 4.78 is 16.4. The predicted octanol–water partition coefficient (Wildman–Crippen LogP) is 4.21. The smallest absolute Gasteiger partial charge is 0.158 e. The van der Waals surface area contributed by atoms with E-state index in [1.165, 1.54) is 11.1 Å². The fraction of sp³-hybridized carbons (Fsp3) is 0.476. The topological polar surface area (TPSA) is 44.8 Å². The molecule has 4 nitrogen and oxygen atoms in total. The van der Waals surface area contributed by atoms with Crippen LogP contribution < -0.4 is 0 Å². The van der Waals surface area contributed by atoms with Crippen LogP contribution in [0, 0.1) is 0 Å². The maximum absolute atomic E-state index is 11.1. The largest absolute Gasteiger partial charge is 0.373 e. The van der Waals surface area contributed by atoms with Crippen molar-refractivity contribution in [1.82, 2.24) is 0 Å². The van der Waals surface area contributed by atoms with Crippen LogP contribution in [0.2, 0.25) is 0 Å². The molecular weight excluding hydrogens is 316 g/mol. The Kier molecular flexibility index (Phi) is 9.19. The van der Waals surface area contributed by atoms with Crippen molar-refractivity contribution >= 4 is 6.29 Å². The van der Waals surface area contributed by atoms with Crippen LogP contribution in [0.25, 0.3) is 0 Å². The second-order valence-electron chi connectivity index (χ2n) is 6.20. The second-order valence-corrected chi connectivity index (χ2v) is 6.20. The summed E-state index contributed by atoms with van der Waals surface area (Å²) in [7, 11) is 0. The van der Waals surface area contributed by atoms with E-state index in [1.807, 2.05) is 24.3 Å². The monoisotopic (exact) mass is 344 g/mol. The first kappa shape index (κ1) is 19.6. The SMILES string of the molecule is C/C(=C/COCc1ccccc1)CC/C=C(/C=O)CCC1OCCO1. The minimum atomic E-state index is -0.147. The number of hydrogen-bond acceptors (Lipinski definition) is 4. The third-order valence-electron chi connectivity index (χ3n) is 4.12. The number of ether oxygens (including phenoxy) is 3. The molecule has 0 unspecified atom stereocenters. The Bertz CT molecular complexity index is 557. The lowest BCUT2D eigenvalue weighted by Gasteiger charge is -2.08. The summed E-state index contributed by atoms with van der Waals surface area (Å²) in [6.07, 6.45) is 8.17. The van der Waals surface area contributed by atoms with E-state index < -0.39 is 0 Å². The van der Waals surface area contributed by atoms with Gasteiger partial charge in [-0.2, -0.15) is 0 Å². The first-order valence-corrected chi connectivity index (χ1v) is 8.92. The minimum Gasteiger partial charge on any atom is -0.373 e. The third kappa shape index (κ3) is 8.25. The molecule has 0 aliphatic carbocycles. The summed E-state index contributed by atoms with van der Waals surface area (Å²) in [5, 5.41) is 0. The Morgan fingerprint density at radius 3 is 2.64 bits per heavy atom. The zero-order valence-electron chi connectivity index (χ0n) is 15.0. The van der Waals surface area contributed by atoms with Crippen molar-refractivity contribution in [2.24, 2.45) is 0 Å². The number of benzene rings is 1. The summed E-state index contributed by atoms with van der Waals surface area (Å²) in [6, 6.07) is 10.2. The van der Waals surface area contributed by atoms with Gasteiger partial charge in [0, 0.05) is 6.42 Å². The van der Waals surface area contributed by atoms with Gasteiger partial charge >= 0.3 is 0 Å². The van der Waals surface area contributed by atoms with Crippen LogP contribution >= 0.6 is 0 Å². The molecule has 1 heterocycles. The van der Waals surface area contributed by atoms with Crippen LogP contribution in [-0.2, 0) is 25.6 Å². The van der Waals surface area contributed by atoms with Crippen LogP contribution in [0.15, 0.2) is 53.6 Å². The molecule has 1 aliphatic heterocycles. The highest BCUT2D eigenvalue weighted by Gasteiger charge is 2.15. The highest BCUT2D eigenvalue weighted by Crippen LogP contribution is 2.15. The van der Waals surface area contributed by atoms with Crippen LogP contribution in [0.4, 0.5) is 0 Å². The molecule has 0 radical (unpaired) electrons. The summed E-state index contributed by atoms with van der Waals surface area (Å²) >= 11 is 0. The molecule has 1 saturated heterocycles. The average molecular weight is 344 g/mol. The van der Waals surface area contributed by atoms with E-state index in [0.29, 0.717) is 32.8 Å². The molecule has 0 bridgehead atoms. The maximum Gasteiger partial charge on any atom is 0.158 e. The van der Waals surface area contributed by atoms with E-state index in [4.69, 9.17) is 14.2 Å². The van der Waals surface area contributed by atoms with Gasteiger partial charge in [-0.05, 0) is 37.3 Å². The average Bonchev–Trinajstić information content (AvgIpc) is 3.16. The minimum absolute atomic E-state index is 0.147. The lowest BCUT2D eigenvalue weighted by Crippen LogP contribution is -2.07. The number of rotatable bonds is 11. The van der Waals surface area contributed by atoms with Gasteiger partial charge in [0.05, 0.1) is 26.4 Å². The van der Waals surface area contributed by atoms with Gasteiger partial charge in [-0.1, -0.05) is 48.1 Å². The Hall–Kier alpha value is -1.75. The quantitative estimate of drug-likeness (QED) is 0.261. The van der Waals surface area contributed by atoms with Gasteiger partial charge in [0.15, 0.2) is 6.29 Å². The fourth-order valence-electron chi connectivity index (χ4n) is 2.61. The van der Waals surface area contributed by atoms with Crippen molar-refractivity contribution in [1.29, 1.82) is 0 Å². The molecule has 1 fully saturated rings. The first-order valence-electron chi connectivity index (χ1n) is 8.92. The van der Waals surface area contributed by atoms with Crippen LogP contribution in [0.5, 0.6) is 0 Å². The number of carbonyl (C=O) groups excluding carboxylic acids is 1. The van der Waals surface area contributed by atoms with Crippen LogP contribution in [0.1, 0.15) is 38.2 Å². The molecule has 136 valence electrons. The molecule has 1 aliphatic rings. The number of aldehydes is 1. The molecule has 1 aromatic rings. The lowest BCUT2D eigenvalue weighted by molar-refractivity contribution is -0.105. The zero-order chi connectivity index (χ0) is 17.7. The molecule has 0 atom stereocenters. The van der Waals surface area contributed by atoms with Crippen LogP contribution in [-0.4, -0.2) is 32.4 Å². The van der Waals surface area contributed by atoms with E-state index >= 15 is 0 Å². The van der Waals surface area contributed by atoms with E-state index in [2.05, 4.69) is 25.1 Å². The van der Waals surface area contributed by atoms with Gasteiger partial charge in [-0.15, -0.1) is 0 Å². The van der Waals surface area contributed by atoms with Gasteiger partial charge in [-0.25, -0.2) is 0 Å². The van der Waals surface area contributed by atoms with Crippen molar-refractivity contribution in [3.05, 3.63) is 59.2 Å². The molecule has 0 aromatic heterocycles. The summed E-state index contributed by atoms with van der Waals surface area (Å²) in [5.41, 5.74) is 3.28. The van der Waals surface area contributed by atoms with Gasteiger partial charge < -0.3 is 14.2 Å². The van der Waals surface area contributed by atoms with Gasteiger partial charge in [0.2, 0.25) is 0 Å². The number of allylic oxidation sites excluding steroid dienone is 3. The first-order chi connectivity index (χ1) is 12.3. The Morgan fingerprint density at radius 2 is 1.92 bits per heavy atom. The fourth-order valence-corrected chi connectivity index (χ4v) is 2.61. The number of hydrogen-bond donors (Lipinski definition) is 0. The van der Waals surface area contributed by atoms with Crippen molar-refractivity contribution in [3.8, 4) is 0 Å². The van der Waals surface area contributed by atoms with Crippen molar-refractivity contribution < 1.29 is 19.0 Å². The van der Waals surface area contributed by atoms with Gasteiger partial charge in [0.25, 0.3) is 0 Å². The molecule has 4 heteroatoms. The van der Waals surface area contributed by atoms with E-state index in [1.54, 1.807) is 0 Å². The van der Waals surface area contributed by atoms with E-state index in [0.717, 1.165) is 31.1 Å². The van der Waals surface area contributed by atoms with Crippen LogP contribution in [0.3, 0.4) is 0 Å². The molecule has 0 N–H and O–H groups in total. The molecule has 1 aromatic carbocycles. The summed E-state index contributed by atoms with van der Waals surface area (Å²) in [6.45, 7) is 4.65. The number of carbonyl (C=O) groups is 1. The highest BCUT2D eigenvalue weighted by molar-refractivity contribution is 5.72. The molecule has 2 rings (SSSR count). The Morgan fingerprint density at radius 1 is 1.16 bits per heavy atom. The van der Waals surface area contributed by atoms with Crippen molar-refractivity contribution in [3.63, 3.8) is 0 Å². The molecule has 0 amide bonds. The third-order valence-corrected chi connectivity index (χ3v) is 4.12. The lowest BCUT2D eigenvalue weighted by atomic mass is 10.1. The van der Waals surface area contributed by atoms with Gasteiger partial charge in [-0.3, -0.25) is 4.79 Å². The summed E-state index contributed by atoms with van der Waals surface area (Å²) in [4.78, 5) is 11.1. The predicted molar refractivity (Wildman–Crippen MR) is 98.2 cm³/mol. The van der Waals surface area contributed by atoms with E-state index in [9.17, 15) is 4.79 Å². The molecule has 0 spiro atoms. The normalized spacial score (nSPS) is 16.4. The van der Waals surface area contributed by atoms with Crippen molar-refractivity contribution in [2.45, 2.75) is 45.5 Å². The summed E-state index contributed by atoms with van der Waals surface area (Å²) in [5.74, 6) is 0. The highest BCUT2D eigenvalue weighted by atomic mass is 16.7. The Labute approximate surface area is 150 Å². The maximum atomic E-state index is 11.1.